The molecule has 1 saturated carbocycles. The molecule has 24 heavy (non-hydrogen) atoms. The number of anilines is 1. The Morgan fingerprint density at radius 3 is 2.88 bits per heavy atom. The van der Waals surface area contributed by atoms with Crippen molar-refractivity contribution in [2.24, 2.45) is 13.0 Å². The van der Waals surface area contributed by atoms with Gasteiger partial charge >= 0.3 is 0 Å². The molecule has 1 aliphatic carbocycles. The van der Waals surface area contributed by atoms with Crippen molar-refractivity contribution in [3.05, 3.63) is 53.4 Å². The van der Waals surface area contributed by atoms with E-state index in [4.69, 9.17) is 11.6 Å². The topological polar surface area (TPSA) is 63.0 Å². The van der Waals surface area contributed by atoms with Gasteiger partial charge in [0.1, 0.15) is 0 Å². The summed E-state index contributed by atoms with van der Waals surface area (Å²) in [6, 6.07) is 7.78. The molecule has 1 aromatic carbocycles. The second-order valence-corrected chi connectivity index (χ2v) is 6.91. The van der Waals surface area contributed by atoms with E-state index in [1.54, 1.807) is 10.9 Å². The number of nitrogens with zero attached hydrogens (tertiary/aromatic N) is 3. The zero-order chi connectivity index (χ0) is 16.7. The van der Waals surface area contributed by atoms with Gasteiger partial charge in [0.2, 0.25) is 0 Å². The second kappa shape index (κ2) is 6.07. The van der Waals surface area contributed by atoms with Crippen LogP contribution in [-0.4, -0.2) is 26.0 Å². The van der Waals surface area contributed by atoms with Crippen LogP contribution in [-0.2, 0) is 7.05 Å². The van der Waals surface area contributed by atoms with Gasteiger partial charge in [-0.15, -0.1) is 0 Å². The molecule has 0 aliphatic heterocycles. The molecule has 0 spiro atoms. The minimum Gasteiger partial charge on any atom is -0.393 e. The lowest BCUT2D eigenvalue weighted by Gasteiger charge is -2.38. The van der Waals surface area contributed by atoms with Gasteiger partial charge in [-0.3, -0.25) is 9.67 Å². The number of aliphatic hydroxyl groups excluding tert-OH is 1. The summed E-state index contributed by atoms with van der Waals surface area (Å²) >= 11 is 6.17. The van der Waals surface area contributed by atoms with Gasteiger partial charge in [-0.1, -0.05) is 11.6 Å². The van der Waals surface area contributed by atoms with Gasteiger partial charge < -0.3 is 10.4 Å². The molecule has 0 bridgehead atoms. The fourth-order valence-electron chi connectivity index (χ4n) is 3.39. The normalized spacial score (nSPS) is 21.5. The fraction of sp³-hybridized carbons (Fsp3) is 0.333. The third-order valence-electron chi connectivity index (χ3n) is 4.72. The molecule has 2 aromatic heterocycles. The van der Waals surface area contributed by atoms with E-state index in [1.807, 2.05) is 43.7 Å². The molecule has 4 rings (SSSR count). The van der Waals surface area contributed by atoms with Crippen LogP contribution in [0.1, 0.15) is 24.4 Å². The summed E-state index contributed by atoms with van der Waals surface area (Å²) in [5.41, 5.74) is 3.03. The van der Waals surface area contributed by atoms with Gasteiger partial charge in [0.05, 0.1) is 23.9 Å². The van der Waals surface area contributed by atoms with Gasteiger partial charge in [-0.25, -0.2) is 0 Å². The van der Waals surface area contributed by atoms with Crippen LogP contribution in [0.2, 0.25) is 5.02 Å². The van der Waals surface area contributed by atoms with E-state index in [0.717, 1.165) is 35.0 Å². The molecular weight excluding hydrogens is 324 g/mol. The number of aryl methyl sites for hydroxylation is 1. The summed E-state index contributed by atoms with van der Waals surface area (Å²) in [5, 5.41) is 19.3. The van der Waals surface area contributed by atoms with Crippen molar-refractivity contribution >= 4 is 28.2 Å². The maximum Gasteiger partial charge on any atom is 0.0723 e. The minimum atomic E-state index is -0.195. The Bertz CT molecular complexity index is 872. The number of aliphatic hydroxyl groups is 1. The third kappa shape index (κ3) is 2.85. The molecule has 1 atom stereocenters. The van der Waals surface area contributed by atoms with Crippen molar-refractivity contribution in [2.75, 3.05) is 5.32 Å². The van der Waals surface area contributed by atoms with Crippen LogP contribution < -0.4 is 5.32 Å². The molecule has 0 radical (unpaired) electrons. The van der Waals surface area contributed by atoms with Crippen molar-refractivity contribution in [3.63, 3.8) is 0 Å². The Balaban J connectivity index is 1.71. The highest BCUT2D eigenvalue weighted by Crippen LogP contribution is 2.40. The Labute approximate surface area is 145 Å². The summed E-state index contributed by atoms with van der Waals surface area (Å²) in [5.74, 6) is 0.381. The van der Waals surface area contributed by atoms with Gasteiger partial charge in [-0.05, 0) is 43.0 Å². The summed E-state index contributed by atoms with van der Waals surface area (Å²) < 4.78 is 1.81. The van der Waals surface area contributed by atoms with Crippen LogP contribution >= 0.6 is 11.6 Å². The van der Waals surface area contributed by atoms with Crippen LogP contribution in [0, 0.1) is 5.92 Å². The number of rotatable bonds is 4. The first kappa shape index (κ1) is 15.4. The first-order chi connectivity index (χ1) is 11.6. The van der Waals surface area contributed by atoms with Crippen LogP contribution in [0.25, 0.3) is 10.9 Å². The van der Waals surface area contributed by atoms with Crippen LogP contribution in [0.5, 0.6) is 0 Å². The highest BCUT2D eigenvalue weighted by molar-refractivity contribution is 6.31. The van der Waals surface area contributed by atoms with E-state index < -0.39 is 0 Å². The predicted molar refractivity (Wildman–Crippen MR) is 95.1 cm³/mol. The monoisotopic (exact) mass is 342 g/mol. The van der Waals surface area contributed by atoms with Crippen LogP contribution in [0.3, 0.4) is 0 Å². The Hall–Kier alpha value is -2.11. The van der Waals surface area contributed by atoms with Crippen LogP contribution in [0.4, 0.5) is 5.69 Å². The van der Waals surface area contributed by atoms with Crippen molar-refractivity contribution in [2.45, 2.75) is 25.0 Å². The van der Waals surface area contributed by atoms with E-state index in [2.05, 4.69) is 15.4 Å². The van der Waals surface area contributed by atoms with Gasteiger partial charge in [0, 0.05) is 41.1 Å². The maximum atomic E-state index is 9.72. The molecule has 3 aromatic rings. The lowest BCUT2D eigenvalue weighted by Crippen LogP contribution is -2.35. The minimum absolute atomic E-state index is 0.103. The average Bonchev–Trinajstić information content (AvgIpc) is 2.96. The van der Waals surface area contributed by atoms with E-state index >= 15 is 0 Å². The molecule has 1 unspecified atom stereocenters. The zero-order valence-corrected chi connectivity index (χ0v) is 14.1. The number of hydrogen-bond acceptors (Lipinski definition) is 4. The third-order valence-corrected chi connectivity index (χ3v) is 4.95. The first-order valence-electron chi connectivity index (χ1n) is 8.07. The highest BCUT2D eigenvalue weighted by Gasteiger charge is 2.35. The molecule has 0 amide bonds. The number of fused-ring (bicyclic) bond motifs is 1. The van der Waals surface area contributed by atoms with Crippen molar-refractivity contribution in [1.29, 1.82) is 0 Å². The smallest absolute Gasteiger partial charge is 0.0723 e. The average molecular weight is 343 g/mol. The number of aromatic nitrogens is 3. The number of pyridine rings is 1. The van der Waals surface area contributed by atoms with E-state index in [9.17, 15) is 5.11 Å². The first-order valence-corrected chi connectivity index (χ1v) is 8.45. The van der Waals surface area contributed by atoms with Crippen molar-refractivity contribution < 1.29 is 5.11 Å². The second-order valence-electron chi connectivity index (χ2n) is 6.47. The lowest BCUT2D eigenvalue weighted by molar-refractivity contribution is 0.0340. The van der Waals surface area contributed by atoms with E-state index in [0.29, 0.717) is 10.9 Å². The molecule has 6 heteroatoms. The molecule has 2 N–H and O–H groups in total. The molecule has 2 heterocycles. The molecule has 124 valence electrons. The molecule has 0 saturated heterocycles. The number of halogens is 1. The lowest BCUT2D eigenvalue weighted by atomic mass is 9.75. The molecule has 5 nitrogen and oxygen atoms in total. The predicted octanol–water partition coefficient (Wildman–Crippen LogP) is 3.55. The highest BCUT2D eigenvalue weighted by atomic mass is 35.5. The SMILES string of the molecule is Cn1cc(C(Nc2ccnc3ccc(Cl)cc23)C2CC(O)C2)cn1. The number of hydrogen-bond donors (Lipinski definition) is 2. The van der Waals surface area contributed by atoms with Gasteiger partial charge in [0.25, 0.3) is 0 Å². The standard InChI is InChI=1S/C18H19ClN4O/c1-23-10-12(9-21-23)18(11-6-14(24)7-11)22-17-4-5-20-16-3-2-13(19)8-15(16)17/h2-5,8-11,14,18,24H,6-7H2,1H3,(H,20,22). The zero-order valence-electron chi connectivity index (χ0n) is 13.4. The Morgan fingerprint density at radius 1 is 1.33 bits per heavy atom. The van der Waals surface area contributed by atoms with Gasteiger partial charge in [0.15, 0.2) is 0 Å². The Kier molecular flexibility index (Phi) is 3.90. The number of benzene rings is 1. The Morgan fingerprint density at radius 2 is 2.17 bits per heavy atom. The number of nitrogens with one attached hydrogen (secondary N) is 1. The van der Waals surface area contributed by atoms with Crippen molar-refractivity contribution in [1.82, 2.24) is 14.8 Å². The fourth-order valence-corrected chi connectivity index (χ4v) is 3.56. The largest absolute Gasteiger partial charge is 0.393 e. The van der Waals surface area contributed by atoms with Crippen molar-refractivity contribution in [3.8, 4) is 0 Å². The van der Waals surface area contributed by atoms with Gasteiger partial charge in [-0.2, -0.15) is 5.10 Å². The molecular formula is C18H19ClN4O. The molecule has 1 aliphatic rings. The van der Waals surface area contributed by atoms with Crippen LogP contribution in [0.15, 0.2) is 42.9 Å². The maximum absolute atomic E-state index is 9.72. The summed E-state index contributed by atoms with van der Waals surface area (Å²) in [6.07, 6.45) is 7.12. The summed E-state index contributed by atoms with van der Waals surface area (Å²) in [4.78, 5) is 4.40. The summed E-state index contributed by atoms with van der Waals surface area (Å²) in [7, 11) is 1.91. The molecule has 1 fully saturated rings. The van der Waals surface area contributed by atoms with E-state index in [1.165, 1.54) is 0 Å². The quantitative estimate of drug-likeness (QED) is 0.761. The summed E-state index contributed by atoms with van der Waals surface area (Å²) in [6.45, 7) is 0. The van der Waals surface area contributed by atoms with E-state index in [-0.39, 0.29) is 12.1 Å².